The van der Waals surface area contributed by atoms with Crippen molar-refractivity contribution in [2.24, 2.45) is 4.99 Å². The van der Waals surface area contributed by atoms with Crippen LogP contribution in [0.1, 0.15) is 12.5 Å². The summed E-state index contributed by atoms with van der Waals surface area (Å²) in [6, 6.07) is 3.64. The number of nitrogens with zero attached hydrogens (tertiary/aromatic N) is 1. The molecule has 0 unspecified atom stereocenters. The maximum absolute atomic E-state index is 5.43. The third-order valence-corrected chi connectivity index (χ3v) is 3.16. The first-order valence-electron chi connectivity index (χ1n) is 7.50. The first-order valence-corrected chi connectivity index (χ1v) is 7.50. The second-order valence-corrected chi connectivity index (χ2v) is 4.63. The molecule has 0 aliphatic rings. The molecule has 0 atom stereocenters. The first kappa shape index (κ1) is 18.9. The van der Waals surface area contributed by atoms with E-state index in [1.54, 1.807) is 28.4 Å². The summed E-state index contributed by atoms with van der Waals surface area (Å²) in [4.78, 5) is 4.57. The molecule has 0 aliphatic carbocycles. The van der Waals surface area contributed by atoms with Crippen LogP contribution in [0.25, 0.3) is 0 Å². The van der Waals surface area contributed by atoms with Crippen molar-refractivity contribution in [1.82, 2.24) is 10.6 Å². The second-order valence-electron chi connectivity index (χ2n) is 4.63. The lowest BCUT2D eigenvalue weighted by atomic mass is 10.1. The second kappa shape index (κ2) is 10.6. The van der Waals surface area contributed by atoms with Gasteiger partial charge >= 0.3 is 0 Å². The van der Waals surface area contributed by atoms with Crippen molar-refractivity contribution in [1.29, 1.82) is 0 Å². The maximum atomic E-state index is 5.43. The lowest BCUT2D eigenvalue weighted by molar-refractivity contribution is 0.203. The van der Waals surface area contributed by atoms with E-state index in [4.69, 9.17) is 18.9 Å². The predicted octanol–water partition coefficient (Wildman–Crippen LogP) is 1.41. The molecule has 7 nitrogen and oxygen atoms in total. The monoisotopic (exact) mass is 325 g/mol. The number of benzene rings is 1. The van der Waals surface area contributed by atoms with E-state index in [0.29, 0.717) is 42.9 Å². The standard InChI is InChI=1S/C16H27N3O4/c1-6-17-16(18-7-8-20-2)19-11-13-14(22-4)9-12(21-3)10-15(13)23-5/h9-10H,6-8,11H2,1-5H3,(H2,17,18,19). The molecule has 0 radical (unpaired) electrons. The number of guanidine groups is 1. The fraction of sp³-hybridized carbons (Fsp3) is 0.562. The number of rotatable bonds is 9. The van der Waals surface area contributed by atoms with E-state index in [1.165, 1.54) is 0 Å². The zero-order chi connectivity index (χ0) is 17.1. The van der Waals surface area contributed by atoms with E-state index in [2.05, 4.69) is 15.6 Å². The minimum absolute atomic E-state index is 0.415. The Balaban J connectivity index is 2.97. The van der Waals surface area contributed by atoms with Crippen LogP contribution in [0.2, 0.25) is 0 Å². The minimum Gasteiger partial charge on any atom is -0.496 e. The third-order valence-electron chi connectivity index (χ3n) is 3.16. The van der Waals surface area contributed by atoms with Crippen molar-refractivity contribution in [3.63, 3.8) is 0 Å². The van der Waals surface area contributed by atoms with E-state index in [0.717, 1.165) is 12.1 Å². The van der Waals surface area contributed by atoms with E-state index < -0.39 is 0 Å². The molecule has 7 heteroatoms. The van der Waals surface area contributed by atoms with Crippen molar-refractivity contribution < 1.29 is 18.9 Å². The molecule has 0 heterocycles. The van der Waals surface area contributed by atoms with E-state index in [1.807, 2.05) is 19.1 Å². The number of hydrogen-bond acceptors (Lipinski definition) is 5. The summed E-state index contributed by atoms with van der Waals surface area (Å²) in [7, 11) is 6.50. The average molecular weight is 325 g/mol. The van der Waals surface area contributed by atoms with Crippen LogP contribution in [0.3, 0.4) is 0 Å². The van der Waals surface area contributed by atoms with Gasteiger partial charge in [0, 0.05) is 32.3 Å². The summed E-state index contributed by atoms with van der Waals surface area (Å²) in [6.07, 6.45) is 0. The number of nitrogens with one attached hydrogen (secondary N) is 2. The Bertz CT molecular complexity index is 481. The first-order chi connectivity index (χ1) is 11.2. The molecule has 0 fully saturated rings. The number of methoxy groups -OCH3 is 4. The lowest BCUT2D eigenvalue weighted by Crippen LogP contribution is -2.38. The molecule has 2 N–H and O–H groups in total. The summed E-state index contributed by atoms with van der Waals surface area (Å²) in [6.45, 7) is 4.50. The van der Waals surface area contributed by atoms with Gasteiger partial charge in [0.2, 0.25) is 0 Å². The Morgan fingerprint density at radius 2 is 1.65 bits per heavy atom. The largest absolute Gasteiger partial charge is 0.496 e. The van der Waals surface area contributed by atoms with Crippen molar-refractivity contribution >= 4 is 5.96 Å². The van der Waals surface area contributed by atoms with Crippen LogP contribution < -0.4 is 24.8 Å². The van der Waals surface area contributed by atoms with E-state index in [-0.39, 0.29) is 0 Å². The molecule has 0 aliphatic heterocycles. The highest BCUT2D eigenvalue weighted by molar-refractivity contribution is 5.79. The molecule has 0 bridgehead atoms. The van der Waals surface area contributed by atoms with E-state index >= 15 is 0 Å². The van der Waals surface area contributed by atoms with Crippen LogP contribution in [0.15, 0.2) is 17.1 Å². The molecule has 1 aromatic carbocycles. The maximum Gasteiger partial charge on any atom is 0.191 e. The molecule has 130 valence electrons. The SMILES string of the molecule is CCNC(=NCc1c(OC)cc(OC)cc1OC)NCCOC. The van der Waals surface area contributed by atoms with Crippen molar-refractivity contribution in [2.45, 2.75) is 13.5 Å². The third kappa shape index (κ3) is 5.86. The Morgan fingerprint density at radius 1 is 1.00 bits per heavy atom. The van der Waals surface area contributed by atoms with Crippen LogP contribution in [0, 0.1) is 0 Å². The number of hydrogen-bond donors (Lipinski definition) is 2. The Kier molecular flexibility index (Phi) is 8.67. The van der Waals surface area contributed by atoms with Crippen LogP contribution in [-0.4, -0.2) is 54.1 Å². The van der Waals surface area contributed by atoms with Gasteiger partial charge in [-0.25, -0.2) is 4.99 Å². The zero-order valence-electron chi connectivity index (χ0n) is 14.6. The van der Waals surface area contributed by atoms with E-state index in [9.17, 15) is 0 Å². The Hall–Kier alpha value is -2.15. The highest BCUT2D eigenvalue weighted by Gasteiger charge is 2.13. The molecular weight excluding hydrogens is 298 g/mol. The van der Waals surface area contributed by atoms with Gasteiger partial charge in [0.15, 0.2) is 5.96 Å². The Morgan fingerprint density at radius 3 is 2.13 bits per heavy atom. The molecule has 0 saturated carbocycles. The Labute approximate surface area is 138 Å². The fourth-order valence-electron chi connectivity index (χ4n) is 2.01. The molecule has 0 spiro atoms. The summed E-state index contributed by atoms with van der Waals surface area (Å²) >= 11 is 0. The predicted molar refractivity (Wildman–Crippen MR) is 90.8 cm³/mol. The van der Waals surface area contributed by atoms with Gasteiger partial charge in [0.1, 0.15) is 17.2 Å². The molecular formula is C16H27N3O4. The van der Waals surface area contributed by atoms with Crippen LogP contribution in [0.4, 0.5) is 0 Å². The average Bonchev–Trinajstić information content (AvgIpc) is 2.58. The normalized spacial score (nSPS) is 11.1. The smallest absolute Gasteiger partial charge is 0.191 e. The van der Waals surface area contributed by atoms with Crippen molar-refractivity contribution in [3.05, 3.63) is 17.7 Å². The quantitative estimate of drug-likeness (QED) is 0.406. The summed E-state index contributed by atoms with van der Waals surface area (Å²) < 4.78 is 21.1. The van der Waals surface area contributed by atoms with Gasteiger partial charge in [-0.05, 0) is 6.92 Å². The van der Waals surface area contributed by atoms with Crippen molar-refractivity contribution in [3.8, 4) is 17.2 Å². The molecule has 0 saturated heterocycles. The van der Waals surface area contributed by atoms with Gasteiger partial charge < -0.3 is 29.6 Å². The zero-order valence-corrected chi connectivity index (χ0v) is 14.6. The van der Waals surface area contributed by atoms with Crippen LogP contribution >= 0.6 is 0 Å². The van der Waals surface area contributed by atoms with Gasteiger partial charge in [0.05, 0.1) is 40.0 Å². The summed E-state index contributed by atoms with van der Waals surface area (Å²) in [5.74, 6) is 2.75. The fourth-order valence-corrected chi connectivity index (χ4v) is 2.01. The summed E-state index contributed by atoms with van der Waals surface area (Å²) in [5.41, 5.74) is 0.861. The van der Waals surface area contributed by atoms with Crippen LogP contribution in [0.5, 0.6) is 17.2 Å². The van der Waals surface area contributed by atoms with Crippen molar-refractivity contribution in [2.75, 3.05) is 48.1 Å². The van der Waals surface area contributed by atoms with Gasteiger partial charge in [-0.1, -0.05) is 0 Å². The molecule has 23 heavy (non-hydrogen) atoms. The topological polar surface area (TPSA) is 73.3 Å². The molecule has 0 amide bonds. The number of aliphatic imine (C=N–C) groups is 1. The highest BCUT2D eigenvalue weighted by Crippen LogP contribution is 2.34. The molecule has 1 aromatic rings. The van der Waals surface area contributed by atoms with Gasteiger partial charge in [-0.2, -0.15) is 0 Å². The summed E-state index contributed by atoms with van der Waals surface area (Å²) in [5, 5.41) is 6.38. The number of ether oxygens (including phenoxy) is 4. The van der Waals surface area contributed by atoms with Gasteiger partial charge in [-0.15, -0.1) is 0 Å². The van der Waals surface area contributed by atoms with Crippen LogP contribution in [-0.2, 0) is 11.3 Å². The van der Waals surface area contributed by atoms with Gasteiger partial charge in [0.25, 0.3) is 0 Å². The van der Waals surface area contributed by atoms with Gasteiger partial charge in [-0.3, -0.25) is 0 Å². The molecule has 0 aromatic heterocycles. The minimum atomic E-state index is 0.415. The lowest BCUT2D eigenvalue weighted by Gasteiger charge is -2.15. The highest BCUT2D eigenvalue weighted by atomic mass is 16.5. The molecule has 1 rings (SSSR count).